The number of pyridine rings is 1. The molecule has 3 aliphatic carbocycles. The average Bonchev–Trinajstić information content (AvgIpc) is 3.20. The van der Waals surface area contributed by atoms with Gasteiger partial charge in [-0.15, -0.1) is 0 Å². The molecule has 0 amide bonds. The van der Waals surface area contributed by atoms with E-state index >= 15 is 0 Å². The first-order valence-corrected chi connectivity index (χ1v) is 8.21. The lowest BCUT2D eigenvalue weighted by Gasteiger charge is -2.32. The number of nitrogens with zero attached hydrogens (tertiary/aromatic N) is 3. The van der Waals surface area contributed by atoms with Crippen molar-refractivity contribution >= 4 is 16.7 Å². The Morgan fingerprint density at radius 3 is 3.00 bits per heavy atom. The standard InChI is InChI=1S/C17H20N4/c1-2-11-10-6-14(12(11)3-1)15(7-10)21-17-13-4-5-18-8-16(13)19-9-20-17/h4-5,8-12,14-15H,1-3,6-7H2,(H,19,20,21). The molecule has 5 atom stereocenters. The number of anilines is 1. The minimum absolute atomic E-state index is 0.612. The Morgan fingerprint density at radius 2 is 2.00 bits per heavy atom. The lowest BCUT2D eigenvalue weighted by Crippen LogP contribution is -2.34. The van der Waals surface area contributed by atoms with Gasteiger partial charge < -0.3 is 5.32 Å². The molecule has 0 aliphatic heterocycles. The van der Waals surface area contributed by atoms with E-state index < -0.39 is 0 Å². The quantitative estimate of drug-likeness (QED) is 0.917. The zero-order chi connectivity index (χ0) is 13.8. The zero-order valence-electron chi connectivity index (χ0n) is 12.1. The van der Waals surface area contributed by atoms with Crippen LogP contribution in [0.3, 0.4) is 0 Å². The van der Waals surface area contributed by atoms with Crippen molar-refractivity contribution in [2.45, 2.75) is 38.1 Å². The Bertz CT molecular complexity index is 680. The molecule has 0 spiro atoms. The molecule has 2 heterocycles. The van der Waals surface area contributed by atoms with E-state index in [-0.39, 0.29) is 0 Å². The monoisotopic (exact) mass is 280 g/mol. The van der Waals surface area contributed by atoms with Crippen molar-refractivity contribution in [1.82, 2.24) is 15.0 Å². The third-order valence-corrected chi connectivity index (χ3v) is 6.19. The van der Waals surface area contributed by atoms with Crippen molar-refractivity contribution in [2.24, 2.45) is 23.7 Å². The number of hydrogen-bond acceptors (Lipinski definition) is 4. The summed E-state index contributed by atoms with van der Waals surface area (Å²) in [4.78, 5) is 12.9. The van der Waals surface area contributed by atoms with Crippen LogP contribution in [0, 0.1) is 23.7 Å². The molecule has 0 saturated heterocycles. The summed E-state index contributed by atoms with van der Waals surface area (Å²) in [7, 11) is 0. The smallest absolute Gasteiger partial charge is 0.137 e. The van der Waals surface area contributed by atoms with E-state index in [9.17, 15) is 0 Å². The van der Waals surface area contributed by atoms with E-state index in [0.717, 1.165) is 40.4 Å². The van der Waals surface area contributed by atoms with Crippen molar-refractivity contribution in [3.05, 3.63) is 24.8 Å². The largest absolute Gasteiger partial charge is 0.366 e. The molecule has 21 heavy (non-hydrogen) atoms. The van der Waals surface area contributed by atoms with Crippen molar-refractivity contribution in [2.75, 3.05) is 5.32 Å². The minimum atomic E-state index is 0.612. The third-order valence-electron chi connectivity index (χ3n) is 6.19. The Hall–Kier alpha value is -1.71. The summed E-state index contributed by atoms with van der Waals surface area (Å²) < 4.78 is 0. The van der Waals surface area contributed by atoms with Crippen LogP contribution in [-0.4, -0.2) is 21.0 Å². The van der Waals surface area contributed by atoms with Crippen LogP contribution in [0.5, 0.6) is 0 Å². The number of fused-ring (bicyclic) bond motifs is 6. The molecule has 5 rings (SSSR count). The number of nitrogens with one attached hydrogen (secondary N) is 1. The van der Waals surface area contributed by atoms with Gasteiger partial charge in [0.2, 0.25) is 0 Å². The van der Waals surface area contributed by atoms with Gasteiger partial charge in [0.1, 0.15) is 12.1 Å². The van der Waals surface area contributed by atoms with E-state index in [0.29, 0.717) is 6.04 Å². The second-order valence-electron chi connectivity index (χ2n) is 7.02. The van der Waals surface area contributed by atoms with Gasteiger partial charge >= 0.3 is 0 Å². The molecule has 3 aliphatic rings. The third kappa shape index (κ3) is 1.71. The van der Waals surface area contributed by atoms with Crippen molar-refractivity contribution in [3.63, 3.8) is 0 Å². The van der Waals surface area contributed by atoms with Crippen LogP contribution in [0.1, 0.15) is 32.1 Å². The van der Waals surface area contributed by atoms with E-state index in [1.54, 1.807) is 6.33 Å². The minimum Gasteiger partial charge on any atom is -0.366 e. The fraction of sp³-hybridized carbons (Fsp3) is 0.588. The summed E-state index contributed by atoms with van der Waals surface area (Å²) in [5.74, 6) is 4.86. The van der Waals surface area contributed by atoms with Crippen LogP contribution < -0.4 is 5.32 Å². The summed E-state index contributed by atoms with van der Waals surface area (Å²) in [6.07, 6.45) is 12.5. The van der Waals surface area contributed by atoms with Gasteiger partial charge in [-0.1, -0.05) is 6.42 Å². The fourth-order valence-electron chi connectivity index (χ4n) is 5.43. The molecule has 2 aromatic rings. The maximum Gasteiger partial charge on any atom is 0.137 e. The first-order chi connectivity index (χ1) is 10.4. The Balaban J connectivity index is 1.45. The molecule has 3 fully saturated rings. The van der Waals surface area contributed by atoms with E-state index in [2.05, 4.69) is 20.3 Å². The predicted molar refractivity (Wildman–Crippen MR) is 81.8 cm³/mol. The fourth-order valence-corrected chi connectivity index (χ4v) is 5.43. The summed E-state index contributed by atoms with van der Waals surface area (Å²) in [6.45, 7) is 0. The van der Waals surface area contributed by atoms with Crippen LogP contribution in [0.25, 0.3) is 10.9 Å². The molecular weight excluding hydrogens is 260 g/mol. The van der Waals surface area contributed by atoms with Crippen molar-refractivity contribution in [3.8, 4) is 0 Å². The molecular formula is C17H20N4. The lowest BCUT2D eigenvalue weighted by molar-refractivity contribution is 0.243. The van der Waals surface area contributed by atoms with Crippen LogP contribution in [0.2, 0.25) is 0 Å². The molecule has 1 N–H and O–H groups in total. The summed E-state index contributed by atoms with van der Waals surface area (Å²) in [5.41, 5.74) is 0.928. The lowest BCUT2D eigenvalue weighted by atomic mass is 9.79. The molecule has 0 aromatic carbocycles. The van der Waals surface area contributed by atoms with Crippen LogP contribution in [-0.2, 0) is 0 Å². The van der Waals surface area contributed by atoms with Crippen LogP contribution in [0.15, 0.2) is 24.8 Å². The van der Waals surface area contributed by atoms with Gasteiger partial charge in [-0.25, -0.2) is 9.97 Å². The molecule has 4 heteroatoms. The summed E-state index contributed by atoms with van der Waals surface area (Å²) in [6, 6.07) is 2.63. The molecule has 2 bridgehead atoms. The van der Waals surface area contributed by atoms with Crippen molar-refractivity contribution in [1.29, 1.82) is 0 Å². The number of rotatable bonds is 2. The average molecular weight is 280 g/mol. The maximum absolute atomic E-state index is 4.49. The van der Waals surface area contributed by atoms with Crippen LogP contribution in [0.4, 0.5) is 5.82 Å². The van der Waals surface area contributed by atoms with Gasteiger partial charge in [-0.3, -0.25) is 4.98 Å². The Kier molecular flexibility index (Phi) is 2.49. The SMILES string of the molecule is c1cc2c(NC3CC4CC3C3CCCC43)ncnc2cn1. The van der Waals surface area contributed by atoms with Gasteiger partial charge in [0, 0.05) is 17.6 Å². The highest BCUT2D eigenvalue weighted by Gasteiger charge is 2.53. The molecule has 0 radical (unpaired) electrons. The topological polar surface area (TPSA) is 50.7 Å². The highest BCUT2D eigenvalue weighted by Crippen LogP contribution is 2.59. The normalized spacial score (nSPS) is 37.0. The summed E-state index contributed by atoms with van der Waals surface area (Å²) >= 11 is 0. The number of hydrogen-bond donors (Lipinski definition) is 1. The molecule has 4 nitrogen and oxygen atoms in total. The van der Waals surface area contributed by atoms with E-state index in [1.165, 1.54) is 32.1 Å². The zero-order valence-corrected chi connectivity index (χ0v) is 12.1. The van der Waals surface area contributed by atoms with E-state index in [1.807, 2.05) is 18.5 Å². The van der Waals surface area contributed by atoms with Gasteiger partial charge in [-0.2, -0.15) is 0 Å². The second kappa shape index (κ2) is 4.39. The maximum atomic E-state index is 4.49. The second-order valence-corrected chi connectivity index (χ2v) is 7.02. The van der Waals surface area contributed by atoms with Gasteiger partial charge in [0.25, 0.3) is 0 Å². The van der Waals surface area contributed by atoms with Gasteiger partial charge in [-0.05, 0) is 55.4 Å². The Labute approximate surface area is 124 Å². The van der Waals surface area contributed by atoms with Gasteiger partial charge in [0.05, 0.1) is 11.7 Å². The van der Waals surface area contributed by atoms with E-state index in [4.69, 9.17) is 0 Å². The van der Waals surface area contributed by atoms with Gasteiger partial charge in [0.15, 0.2) is 0 Å². The number of aromatic nitrogens is 3. The van der Waals surface area contributed by atoms with Crippen LogP contribution >= 0.6 is 0 Å². The first kappa shape index (κ1) is 11.9. The molecule has 5 unspecified atom stereocenters. The summed E-state index contributed by atoms with van der Waals surface area (Å²) in [5, 5.41) is 4.84. The Morgan fingerprint density at radius 1 is 1.05 bits per heavy atom. The molecule has 2 aromatic heterocycles. The highest BCUT2D eigenvalue weighted by molar-refractivity contribution is 5.88. The molecule has 108 valence electrons. The predicted octanol–water partition coefficient (Wildman–Crippen LogP) is 3.26. The highest BCUT2D eigenvalue weighted by atomic mass is 15.1. The van der Waals surface area contributed by atoms with Crippen molar-refractivity contribution < 1.29 is 0 Å². The molecule has 3 saturated carbocycles. The first-order valence-electron chi connectivity index (χ1n) is 8.21.